The molecule has 58 valence electrons. The molecule has 0 unspecified atom stereocenters. The molecule has 0 atom stereocenters. The Morgan fingerprint density at radius 2 is 2.20 bits per heavy atom. The lowest BCUT2D eigenvalue weighted by Gasteiger charge is -2.05. The van der Waals surface area contributed by atoms with Crippen LogP contribution in [0.3, 0.4) is 0 Å². The first-order chi connectivity index (χ1) is 4.66. The van der Waals surface area contributed by atoms with Crippen LogP contribution in [0.2, 0.25) is 0 Å². The van der Waals surface area contributed by atoms with Crippen molar-refractivity contribution in [3.8, 4) is 0 Å². The van der Waals surface area contributed by atoms with E-state index in [1.54, 1.807) is 19.0 Å². The number of carbonyl (C=O) groups excluding carboxylic acids is 2. The maximum Gasteiger partial charge on any atom is 0.369 e. The van der Waals surface area contributed by atoms with Crippen molar-refractivity contribution in [2.24, 2.45) is 0 Å². The number of hydrogen-bond donors (Lipinski definition) is 0. The fourth-order valence-electron chi connectivity index (χ4n) is 0.358. The lowest BCUT2D eigenvalue weighted by Crippen LogP contribution is -2.23. The highest BCUT2D eigenvalue weighted by atomic mass is 17.2. The first-order valence-electron chi connectivity index (χ1n) is 2.61. The number of carbonyl (C=O) groups is 2. The molecular formula is C5H9NO4. The molecule has 0 aromatic rings. The molecule has 0 radical (unpaired) electrons. The van der Waals surface area contributed by atoms with Gasteiger partial charge in [0.25, 0.3) is 0 Å². The van der Waals surface area contributed by atoms with Crippen LogP contribution >= 0.6 is 0 Å². The fraction of sp³-hybridized carbons (Fsp3) is 0.600. The molecule has 0 aliphatic carbocycles. The van der Waals surface area contributed by atoms with E-state index in [4.69, 9.17) is 0 Å². The number of hydrogen-bond acceptors (Lipinski definition) is 5. The van der Waals surface area contributed by atoms with Crippen LogP contribution in [0.25, 0.3) is 0 Å². The molecular weight excluding hydrogens is 138 g/mol. The minimum absolute atomic E-state index is 0.0492. The molecule has 0 spiro atoms. The Kier molecular flexibility index (Phi) is 4.23. The van der Waals surface area contributed by atoms with E-state index >= 15 is 0 Å². The highest BCUT2D eigenvalue weighted by Gasteiger charge is 2.04. The largest absolute Gasteiger partial charge is 0.369 e. The van der Waals surface area contributed by atoms with E-state index in [-0.39, 0.29) is 13.0 Å². The third-order valence-electron chi connectivity index (χ3n) is 0.626. The second kappa shape index (κ2) is 4.75. The molecule has 10 heavy (non-hydrogen) atoms. The molecule has 0 aromatic carbocycles. The summed E-state index contributed by atoms with van der Waals surface area (Å²) in [4.78, 5) is 29.2. The smallest absolute Gasteiger partial charge is 0.299 e. The van der Waals surface area contributed by atoms with Crippen LogP contribution in [-0.4, -0.2) is 38.0 Å². The molecule has 0 bridgehead atoms. The van der Waals surface area contributed by atoms with E-state index < -0.39 is 5.97 Å². The van der Waals surface area contributed by atoms with Gasteiger partial charge in [-0.15, -0.1) is 0 Å². The van der Waals surface area contributed by atoms with Crippen LogP contribution in [0.5, 0.6) is 0 Å². The predicted molar refractivity (Wildman–Crippen MR) is 31.8 cm³/mol. The summed E-state index contributed by atoms with van der Waals surface area (Å²) in [6, 6.07) is 0. The first-order valence-corrected chi connectivity index (χ1v) is 2.61. The summed E-state index contributed by atoms with van der Waals surface area (Å²) in [7, 11) is 3.39. The summed E-state index contributed by atoms with van der Waals surface area (Å²) in [5.41, 5.74) is 0. The van der Waals surface area contributed by atoms with Crippen LogP contribution < -0.4 is 0 Å². The van der Waals surface area contributed by atoms with Crippen molar-refractivity contribution in [3.63, 3.8) is 0 Å². The van der Waals surface area contributed by atoms with Crippen molar-refractivity contribution < 1.29 is 19.4 Å². The molecule has 0 N–H and O–H groups in total. The average Bonchev–Trinajstić information content (AvgIpc) is 1.82. The number of rotatable bonds is 4. The second-order valence-corrected chi connectivity index (χ2v) is 1.89. The van der Waals surface area contributed by atoms with Crippen LogP contribution in [0.1, 0.15) is 0 Å². The molecule has 5 heteroatoms. The van der Waals surface area contributed by atoms with Crippen LogP contribution in [-0.2, 0) is 19.4 Å². The zero-order chi connectivity index (χ0) is 7.98. The van der Waals surface area contributed by atoms with E-state index in [9.17, 15) is 9.59 Å². The molecule has 0 aromatic heterocycles. The average molecular weight is 147 g/mol. The van der Waals surface area contributed by atoms with E-state index in [2.05, 4.69) is 9.78 Å². The lowest BCUT2D eigenvalue weighted by molar-refractivity contribution is -0.248. The first kappa shape index (κ1) is 8.90. The van der Waals surface area contributed by atoms with Crippen molar-refractivity contribution in [1.82, 2.24) is 4.90 Å². The third kappa shape index (κ3) is 5.04. The fourth-order valence-corrected chi connectivity index (χ4v) is 0.358. The molecule has 0 saturated carbocycles. The zero-order valence-electron chi connectivity index (χ0n) is 5.86. The highest BCUT2D eigenvalue weighted by Crippen LogP contribution is 1.80. The maximum absolute atomic E-state index is 10.5. The van der Waals surface area contributed by atoms with E-state index in [1.165, 1.54) is 0 Å². The Morgan fingerprint density at radius 3 is 2.60 bits per heavy atom. The Balaban J connectivity index is 3.34. The Bertz CT molecular complexity index is 123. The van der Waals surface area contributed by atoms with Gasteiger partial charge in [0.15, 0.2) is 0 Å². The zero-order valence-corrected chi connectivity index (χ0v) is 5.86. The highest BCUT2D eigenvalue weighted by molar-refractivity contribution is 5.71. The van der Waals surface area contributed by atoms with Gasteiger partial charge in [0.05, 0.1) is 0 Å². The summed E-state index contributed by atoms with van der Waals surface area (Å²) in [6.07, 6.45) is 0. The molecule has 0 amide bonds. The second-order valence-electron chi connectivity index (χ2n) is 1.89. The van der Waals surface area contributed by atoms with Gasteiger partial charge >= 0.3 is 12.4 Å². The molecule has 5 nitrogen and oxygen atoms in total. The van der Waals surface area contributed by atoms with Gasteiger partial charge in [0, 0.05) is 0 Å². The predicted octanol–water partition coefficient (Wildman–Crippen LogP) is -0.821. The quantitative estimate of drug-likeness (QED) is 0.295. The third-order valence-corrected chi connectivity index (χ3v) is 0.626. The maximum atomic E-state index is 10.5. The van der Waals surface area contributed by atoms with E-state index in [1.807, 2.05) is 0 Å². The molecule has 0 rings (SSSR count). The summed E-state index contributed by atoms with van der Waals surface area (Å²) in [6.45, 7) is 0.140. The van der Waals surface area contributed by atoms with Gasteiger partial charge in [-0.2, -0.15) is 0 Å². The van der Waals surface area contributed by atoms with Gasteiger partial charge in [-0.25, -0.2) is 9.68 Å². The summed E-state index contributed by atoms with van der Waals surface area (Å²) in [5.74, 6) is -0.600. The normalized spacial score (nSPS) is 9.10. The summed E-state index contributed by atoms with van der Waals surface area (Å²) < 4.78 is 0. The molecule has 0 heterocycles. The topological polar surface area (TPSA) is 55.8 Å². The lowest BCUT2D eigenvalue weighted by atomic mass is 10.6. The van der Waals surface area contributed by atoms with Crippen molar-refractivity contribution in [2.75, 3.05) is 20.6 Å². The standard InChI is InChI=1S/C5H9NO4/c1-6(2)3-5(8)10-9-4-7/h4H,3H2,1-2H3. The van der Waals surface area contributed by atoms with E-state index in [0.717, 1.165) is 0 Å². The van der Waals surface area contributed by atoms with Crippen molar-refractivity contribution >= 4 is 12.4 Å². The van der Waals surface area contributed by atoms with E-state index in [0.29, 0.717) is 0 Å². The molecule has 0 aliphatic heterocycles. The number of likely N-dealkylation sites (N-methyl/N-ethyl adjacent to an activating group) is 1. The Morgan fingerprint density at radius 1 is 1.60 bits per heavy atom. The van der Waals surface area contributed by atoms with Gasteiger partial charge in [0.2, 0.25) is 0 Å². The van der Waals surface area contributed by atoms with Crippen molar-refractivity contribution in [1.29, 1.82) is 0 Å². The minimum Gasteiger partial charge on any atom is -0.299 e. The SMILES string of the molecule is CN(C)CC(=O)OOC=O. The van der Waals surface area contributed by atoms with Crippen molar-refractivity contribution in [2.45, 2.75) is 0 Å². The Labute approximate surface area is 58.4 Å². The molecule has 0 aliphatic rings. The van der Waals surface area contributed by atoms with Gasteiger partial charge in [-0.3, -0.25) is 14.6 Å². The van der Waals surface area contributed by atoms with Gasteiger partial charge in [-0.05, 0) is 14.1 Å². The minimum atomic E-state index is -0.600. The van der Waals surface area contributed by atoms with Crippen molar-refractivity contribution in [3.05, 3.63) is 0 Å². The summed E-state index contributed by atoms with van der Waals surface area (Å²) in [5, 5.41) is 0. The molecule has 0 fully saturated rings. The molecule has 0 saturated heterocycles. The monoisotopic (exact) mass is 147 g/mol. The van der Waals surface area contributed by atoms with Gasteiger partial charge in [0.1, 0.15) is 6.54 Å². The number of nitrogens with zero attached hydrogens (tertiary/aromatic N) is 1. The van der Waals surface area contributed by atoms with Crippen LogP contribution in [0, 0.1) is 0 Å². The van der Waals surface area contributed by atoms with Crippen LogP contribution in [0.15, 0.2) is 0 Å². The van der Waals surface area contributed by atoms with Gasteiger partial charge < -0.3 is 0 Å². The van der Waals surface area contributed by atoms with Gasteiger partial charge in [-0.1, -0.05) is 0 Å². The van der Waals surface area contributed by atoms with Crippen LogP contribution in [0.4, 0.5) is 0 Å². The summed E-state index contributed by atoms with van der Waals surface area (Å²) >= 11 is 0. The Hall–Kier alpha value is -1.10.